The van der Waals surface area contributed by atoms with Crippen LogP contribution in [-0.4, -0.2) is 48.6 Å². The van der Waals surface area contributed by atoms with Crippen molar-refractivity contribution in [2.24, 2.45) is 0 Å². The fourth-order valence-electron chi connectivity index (χ4n) is 3.52. The SMILES string of the molecule is O=C(CN1CCN(c2ccc(O)cc2)CC1)Nc1cc(Cl)ccc1Oc1ccccc1. The molecule has 2 N–H and O–H groups in total. The molecule has 1 amide bonds. The number of hydrogen-bond donors (Lipinski definition) is 2. The lowest BCUT2D eigenvalue weighted by Crippen LogP contribution is -2.48. The summed E-state index contributed by atoms with van der Waals surface area (Å²) in [5.41, 5.74) is 1.62. The van der Waals surface area contributed by atoms with Crippen LogP contribution in [0.2, 0.25) is 5.02 Å². The van der Waals surface area contributed by atoms with Crippen LogP contribution < -0.4 is 15.0 Å². The van der Waals surface area contributed by atoms with E-state index < -0.39 is 0 Å². The average Bonchev–Trinajstić information content (AvgIpc) is 2.77. The van der Waals surface area contributed by atoms with Crippen LogP contribution in [0.4, 0.5) is 11.4 Å². The second-order valence-corrected chi connectivity index (χ2v) is 7.82. The van der Waals surface area contributed by atoms with Crippen LogP contribution in [0.25, 0.3) is 0 Å². The molecular weight excluding hydrogens is 414 g/mol. The van der Waals surface area contributed by atoms with Crippen molar-refractivity contribution in [2.75, 3.05) is 42.9 Å². The third-order valence-corrected chi connectivity index (χ3v) is 5.38. The summed E-state index contributed by atoms with van der Waals surface area (Å²) in [6, 6.07) is 21.8. The standard InChI is InChI=1S/C24H24ClN3O3/c25-18-6-11-23(31-21-4-2-1-3-5-21)22(16-18)26-24(30)17-27-12-14-28(15-13-27)19-7-9-20(29)10-8-19/h1-11,16,29H,12-15,17H2,(H,26,30). The summed E-state index contributed by atoms with van der Waals surface area (Å²) >= 11 is 6.14. The van der Waals surface area contributed by atoms with Gasteiger partial charge in [0.25, 0.3) is 0 Å². The number of para-hydroxylation sites is 1. The third-order valence-electron chi connectivity index (χ3n) is 5.14. The molecule has 3 aromatic carbocycles. The lowest BCUT2D eigenvalue weighted by molar-refractivity contribution is -0.117. The first kappa shape index (κ1) is 21.0. The molecule has 1 aliphatic rings. The number of hydrogen-bond acceptors (Lipinski definition) is 5. The molecule has 7 heteroatoms. The number of phenols is 1. The van der Waals surface area contributed by atoms with Gasteiger partial charge in [0.05, 0.1) is 12.2 Å². The smallest absolute Gasteiger partial charge is 0.238 e. The Hall–Kier alpha value is -3.22. The van der Waals surface area contributed by atoms with Crippen LogP contribution in [0.1, 0.15) is 0 Å². The Bertz CT molecular complexity index is 1020. The number of phenolic OH excluding ortho intramolecular Hbond substituents is 1. The van der Waals surface area contributed by atoms with Crippen LogP contribution in [0, 0.1) is 0 Å². The van der Waals surface area contributed by atoms with Crippen LogP contribution in [-0.2, 0) is 4.79 Å². The summed E-state index contributed by atoms with van der Waals surface area (Å²) in [6.45, 7) is 3.48. The molecule has 0 aliphatic carbocycles. The predicted molar refractivity (Wildman–Crippen MR) is 123 cm³/mol. The summed E-state index contributed by atoms with van der Waals surface area (Å²) in [6.07, 6.45) is 0. The van der Waals surface area contributed by atoms with E-state index in [-0.39, 0.29) is 11.7 Å². The highest BCUT2D eigenvalue weighted by molar-refractivity contribution is 6.31. The molecule has 1 fully saturated rings. The molecule has 160 valence electrons. The Morgan fingerprint density at radius 3 is 2.39 bits per heavy atom. The van der Waals surface area contributed by atoms with Gasteiger partial charge in [-0.05, 0) is 54.6 Å². The number of piperazine rings is 1. The van der Waals surface area contributed by atoms with E-state index in [1.54, 1.807) is 30.3 Å². The number of aromatic hydroxyl groups is 1. The Balaban J connectivity index is 1.34. The zero-order valence-electron chi connectivity index (χ0n) is 17.0. The third kappa shape index (κ3) is 5.69. The minimum absolute atomic E-state index is 0.113. The fourth-order valence-corrected chi connectivity index (χ4v) is 3.70. The number of carbonyl (C=O) groups excluding carboxylic acids is 1. The number of benzene rings is 3. The van der Waals surface area contributed by atoms with Crippen molar-refractivity contribution in [3.63, 3.8) is 0 Å². The van der Waals surface area contributed by atoms with Crippen molar-refractivity contribution in [1.29, 1.82) is 0 Å². The normalized spacial score (nSPS) is 14.3. The van der Waals surface area contributed by atoms with Gasteiger partial charge in [0.15, 0.2) is 5.75 Å². The molecule has 0 aromatic heterocycles. The Labute approximate surface area is 186 Å². The molecule has 31 heavy (non-hydrogen) atoms. The maximum Gasteiger partial charge on any atom is 0.238 e. The molecule has 3 aromatic rings. The summed E-state index contributed by atoms with van der Waals surface area (Å²) in [4.78, 5) is 17.1. The Kier molecular flexibility index (Phi) is 6.60. The number of amides is 1. The largest absolute Gasteiger partial charge is 0.508 e. The van der Waals surface area contributed by atoms with Crippen molar-refractivity contribution >= 4 is 28.9 Å². The number of nitrogens with one attached hydrogen (secondary N) is 1. The topological polar surface area (TPSA) is 65.0 Å². The highest BCUT2D eigenvalue weighted by Gasteiger charge is 2.20. The van der Waals surface area contributed by atoms with Gasteiger partial charge in [-0.15, -0.1) is 0 Å². The molecule has 0 saturated carbocycles. The van der Waals surface area contributed by atoms with E-state index in [2.05, 4.69) is 15.1 Å². The van der Waals surface area contributed by atoms with Gasteiger partial charge in [-0.2, -0.15) is 0 Å². The van der Waals surface area contributed by atoms with Crippen LogP contribution in [0.15, 0.2) is 72.8 Å². The van der Waals surface area contributed by atoms with Crippen molar-refractivity contribution in [3.8, 4) is 17.2 Å². The minimum Gasteiger partial charge on any atom is -0.508 e. The summed E-state index contributed by atoms with van der Waals surface area (Å²) < 4.78 is 5.92. The maximum atomic E-state index is 12.7. The van der Waals surface area contributed by atoms with Crippen molar-refractivity contribution in [3.05, 3.63) is 77.8 Å². The highest BCUT2D eigenvalue weighted by atomic mass is 35.5. The minimum atomic E-state index is -0.113. The van der Waals surface area contributed by atoms with Crippen molar-refractivity contribution in [2.45, 2.75) is 0 Å². The first-order valence-corrected chi connectivity index (χ1v) is 10.5. The van der Waals surface area contributed by atoms with E-state index >= 15 is 0 Å². The summed E-state index contributed by atoms with van der Waals surface area (Å²) in [5, 5.41) is 12.9. The van der Waals surface area contributed by atoms with E-state index in [1.165, 1.54) is 0 Å². The van der Waals surface area contributed by atoms with E-state index in [1.807, 2.05) is 42.5 Å². The molecule has 6 nitrogen and oxygen atoms in total. The number of ether oxygens (including phenoxy) is 1. The van der Waals surface area contributed by atoms with Gasteiger partial charge in [0, 0.05) is 36.9 Å². The highest BCUT2D eigenvalue weighted by Crippen LogP contribution is 2.32. The quantitative estimate of drug-likeness (QED) is 0.590. The molecule has 1 heterocycles. The number of rotatable bonds is 6. The van der Waals surface area contributed by atoms with E-state index in [9.17, 15) is 9.90 Å². The van der Waals surface area contributed by atoms with E-state index in [0.717, 1.165) is 31.9 Å². The molecule has 0 atom stereocenters. The number of halogens is 1. The molecule has 4 rings (SSSR count). The second kappa shape index (κ2) is 9.73. The molecule has 0 radical (unpaired) electrons. The van der Waals surface area contributed by atoms with E-state index in [0.29, 0.717) is 28.8 Å². The molecular formula is C24H24ClN3O3. The van der Waals surface area contributed by atoms with Crippen molar-refractivity contribution in [1.82, 2.24) is 4.90 Å². The molecule has 1 saturated heterocycles. The maximum absolute atomic E-state index is 12.7. The van der Waals surface area contributed by atoms with Gasteiger partial charge in [-0.1, -0.05) is 29.8 Å². The van der Waals surface area contributed by atoms with Crippen LogP contribution >= 0.6 is 11.6 Å². The lowest BCUT2D eigenvalue weighted by atomic mass is 10.2. The second-order valence-electron chi connectivity index (χ2n) is 7.38. The lowest BCUT2D eigenvalue weighted by Gasteiger charge is -2.35. The van der Waals surface area contributed by atoms with Gasteiger partial charge in [-0.3, -0.25) is 9.69 Å². The molecule has 1 aliphatic heterocycles. The zero-order valence-corrected chi connectivity index (χ0v) is 17.8. The Morgan fingerprint density at radius 2 is 1.68 bits per heavy atom. The van der Waals surface area contributed by atoms with Gasteiger partial charge in [0.2, 0.25) is 5.91 Å². The van der Waals surface area contributed by atoms with Gasteiger partial charge < -0.3 is 20.1 Å². The first-order valence-electron chi connectivity index (χ1n) is 10.2. The van der Waals surface area contributed by atoms with Gasteiger partial charge in [-0.25, -0.2) is 0 Å². The number of anilines is 2. The zero-order chi connectivity index (χ0) is 21.6. The van der Waals surface area contributed by atoms with Crippen LogP contribution in [0.3, 0.4) is 0 Å². The van der Waals surface area contributed by atoms with Crippen molar-refractivity contribution < 1.29 is 14.6 Å². The fraction of sp³-hybridized carbons (Fsp3) is 0.208. The number of nitrogens with zero attached hydrogens (tertiary/aromatic N) is 2. The monoisotopic (exact) mass is 437 g/mol. The predicted octanol–water partition coefficient (Wildman–Crippen LogP) is 4.60. The number of carbonyl (C=O) groups is 1. The summed E-state index contributed by atoms with van der Waals surface area (Å²) in [7, 11) is 0. The van der Waals surface area contributed by atoms with Gasteiger partial charge >= 0.3 is 0 Å². The molecule has 0 bridgehead atoms. The van der Waals surface area contributed by atoms with Gasteiger partial charge in [0.1, 0.15) is 11.5 Å². The average molecular weight is 438 g/mol. The van der Waals surface area contributed by atoms with E-state index in [4.69, 9.17) is 16.3 Å². The van der Waals surface area contributed by atoms with Crippen LogP contribution in [0.5, 0.6) is 17.2 Å². The Morgan fingerprint density at radius 1 is 0.968 bits per heavy atom. The molecule has 0 spiro atoms. The summed E-state index contributed by atoms with van der Waals surface area (Å²) in [5.74, 6) is 1.38. The molecule has 0 unspecified atom stereocenters. The first-order chi connectivity index (χ1) is 15.1.